The van der Waals surface area contributed by atoms with Gasteiger partial charge in [0.15, 0.2) is 0 Å². The Labute approximate surface area is 128 Å². The summed E-state index contributed by atoms with van der Waals surface area (Å²) in [7, 11) is 0. The monoisotopic (exact) mass is 350 g/mol. The van der Waals surface area contributed by atoms with Crippen LogP contribution in [0.1, 0.15) is 33.4 Å². The molecular weight excluding hydrogens is 339 g/mol. The predicted molar refractivity (Wildman–Crippen MR) is 79.2 cm³/mol. The SMILES string of the molecule is Cc1nc(N)nc2c1C(=O)NC(c1ccc(F)cc1Br)C2. The highest BCUT2D eigenvalue weighted by atomic mass is 79.9. The molecule has 21 heavy (non-hydrogen) atoms. The first-order valence-electron chi connectivity index (χ1n) is 6.34. The second-order valence-corrected chi connectivity index (χ2v) is 5.74. The van der Waals surface area contributed by atoms with Gasteiger partial charge < -0.3 is 11.1 Å². The number of halogens is 2. The number of aryl methyl sites for hydroxylation is 1. The van der Waals surface area contributed by atoms with Crippen molar-refractivity contribution >= 4 is 27.8 Å². The van der Waals surface area contributed by atoms with Gasteiger partial charge in [-0.2, -0.15) is 0 Å². The van der Waals surface area contributed by atoms with Crippen LogP contribution in [0.15, 0.2) is 22.7 Å². The number of rotatable bonds is 1. The summed E-state index contributed by atoms with van der Waals surface area (Å²) in [5.74, 6) is -0.427. The third-order valence-corrected chi connectivity index (χ3v) is 4.14. The Kier molecular flexibility index (Phi) is 3.36. The lowest BCUT2D eigenvalue weighted by atomic mass is 9.94. The van der Waals surface area contributed by atoms with E-state index in [0.717, 1.165) is 5.56 Å². The molecule has 0 bridgehead atoms. The molecular formula is C14H12BrFN4O. The van der Waals surface area contributed by atoms with Crippen molar-refractivity contribution in [1.29, 1.82) is 0 Å². The summed E-state index contributed by atoms with van der Waals surface area (Å²) in [5.41, 5.74) is 8.09. The van der Waals surface area contributed by atoms with Crippen LogP contribution in [0.3, 0.4) is 0 Å². The Balaban J connectivity index is 2.04. The van der Waals surface area contributed by atoms with Gasteiger partial charge in [-0.25, -0.2) is 14.4 Å². The molecule has 0 fully saturated rings. The van der Waals surface area contributed by atoms with Gasteiger partial charge in [-0.15, -0.1) is 0 Å². The molecule has 1 unspecified atom stereocenters. The lowest BCUT2D eigenvalue weighted by Crippen LogP contribution is -2.37. The molecule has 108 valence electrons. The zero-order valence-corrected chi connectivity index (χ0v) is 12.7. The van der Waals surface area contributed by atoms with Gasteiger partial charge in [-0.3, -0.25) is 4.79 Å². The molecule has 2 heterocycles. The van der Waals surface area contributed by atoms with Crippen LogP contribution in [0.5, 0.6) is 0 Å². The molecule has 1 aromatic heterocycles. The molecule has 3 N–H and O–H groups in total. The van der Waals surface area contributed by atoms with Gasteiger partial charge in [0.1, 0.15) is 5.82 Å². The average Bonchev–Trinajstić information content (AvgIpc) is 2.36. The summed E-state index contributed by atoms with van der Waals surface area (Å²) >= 11 is 3.32. The number of benzene rings is 1. The van der Waals surface area contributed by atoms with Crippen LogP contribution in [-0.4, -0.2) is 15.9 Å². The number of carbonyl (C=O) groups is 1. The van der Waals surface area contributed by atoms with E-state index in [1.54, 1.807) is 13.0 Å². The van der Waals surface area contributed by atoms with Crippen LogP contribution in [-0.2, 0) is 6.42 Å². The third-order valence-electron chi connectivity index (χ3n) is 3.45. The zero-order valence-electron chi connectivity index (χ0n) is 11.2. The first kappa shape index (κ1) is 13.9. The Morgan fingerprint density at radius 3 is 2.90 bits per heavy atom. The number of nitrogen functional groups attached to an aromatic ring is 1. The molecule has 0 spiro atoms. The normalized spacial score (nSPS) is 17.3. The second-order valence-electron chi connectivity index (χ2n) is 4.88. The van der Waals surface area contributed by atoms with Crippen molar-refractivity contribution in [3.63, 3.8) is 0 Å². The van der Waals surface area contributed by atoms with Gasteiger partial charge in [0, 0.05) is 10.9 Å². The van der Waals surface area contributed by atoms with E-state index in [-0.39, 0.29) is 23.7 Å². The van der Waals surface area contributed by atoms with Crippen molar-refractivity contribution < 1.29 is 9.18 Å². The van der Waals surface area contributed by atoms with Crippen LogP contribution in [0, 0.1) is 12.7 Å². The summed E-state index contributed by atoms with van der Waals surface area (Å²) in [4.78, 5) is 20.4. The van der Waals surface area contributed by atoms with Gasteiger partial charge in [-0.1, -0.05) is 22.0 Å². The van der Waals surface area contributed by atoms with E-state index in [1.165, 1.54) is 12.1 Å². The fraction of sp³-hybridized carbons (Fsp3) is 0.214. The van der Waals surface area contributed by atoms with Gasteiger partial charge in [0.2, 0.25) is 5.95 Å². The number of anilines is 1. The lowest BCUT2D eigenvalue weighted by Gasteiger charge is -2.26. The fourth-order valence-electron chi connectivity index (χ4n) is 2.55. The Morgan fingerprint density at radius 2 is 2.19 bits per heavy atom. The zero-order chi connectivity index (χ0) is 15.1. The Bertz CT molecular complexity index is 750. The molecule has 1 aromatic carbocycles. The van der Waals surface area contributed by atoms with Crippen LogP contribution in [0.2, 0.25) is 0 Å². The van der Waals surface area contributed by atoms with Crippen molar-refractivity contribution in [1.82, 2.24) is 15.3 Å². The molecule has 1 aliphatic rings. The third kappa shape index (κ3) is 2.49. The van der Waals surface area contributed by atoms with Crippen LogP contribution in [0.4, 0.5) is 10.3 Å². The number of amides is 1. The van der Waals surface area contributed by atoms with Crippen molar-refractivity contribution in [3.8, 4) is 0 Å². The molecule has 7 heteroatoms. The number of nitrogens with two attached hydrogens (primary N) is 1. The lowest BCUT2D eigenvalue weighted by molar-refractivity contribution is 0.0922. The van der Waals surface area contributed by atoms with Crippen molar-refractivity contribution in [2.24, 2.45) is 0 Å². The van der Waals surface area contributed by atoms with E-state index in [0.29, 0.717) is 27.8 Å². The summed E-state index contributed by atoms with van der Waals surface area (Å²) in [6.07, 6.45) is 0.485. The molecule has 0 saturated carbocycles. The number of nitrogens with one attached hydrogen (secondary N) is 1. The molecule has 1 amide bonds. The molecule has 3 rings (SSSR count). The number of carbonyl (C=O) groups excluding carboxylic acids is 1. The molecule has 0 aliphatic carbocycles. The number of fused-ring (bicyclic) bond motifs is 1. The fourth-order valence-corrected chi connectivity index (χ4v) is 3.17. The number of aromatic nitrogens is 2. The van der Waals surface area contributed by atoms with Crippen LogP contribution >= 0.6 is 15.9 Å². The van der Waals surface area contributed by atoms with Crippen LogP contribution < -0.4 is 11.1 Å². The maximum Gasteiger partial charge on any atom is 0.255 e. The molecule has 0 saturated heterocycles. The summed E-state index contributed by atoms with van der Waals surface area (Å²) in [5, 5.41) is 2.90. The standard InChI is InChI=1S/C14H12BrFN4O/c1-6-12-11(20-14(17)18-6)5-10(19-13(12)21)8-3-2-7(16)4-9(8)15/h2-4,10H,5H2,1H3,(H,19,21)(H2,17,18,20). The Hall–Kier alpha value is -2.02. The minimum atomic E-state index is -0.337. The maximum atomic E-state index is 13.2. The largest absolute Gasteiger partial charge is 0.368 e. The summed E-state index contributed by atoms with van der Waals surface area (Å²) < 4.78 is 13.8. The highest BCUT2D eigenvalue weighted by molar-refractivity contribution is 9.10. The summed E-state index contributed by atoms with van der Waals surface area (Å²) in [6, 6.07) is 4.10. The highest BCUT2D eigenvalue weighted by Gasteiger charge is 2.29. The minimum absolute atomic E-state index is 0.151. The van der Waals surface area contributed by atoms with E-state index in [1.807, 2.05) is 0 Å². The Morgan fingerprint density at radius 1 is 1.43 bits per heavy atom. The van der Waals surface area contributed by atoms with Crippen molar-refractivity contribution in [2.75, 3.05) is 5.73 Å². The number of nitrogens with zero attached hydrogens (tertiary/aromatic N) is 2. The minimum Gasteiger partial charge on any atom is -0.368 e. The second kappa shape index (κ2) is 5.07. The average molecular weight is 351 g/mol. The van der Waals surface area contributed by atoms with E-state index in [4.69, 9.17) is 5.73 Å². The molecule has 2 aromatic rings. The van der Waals surface area contributed by atoms with E-state index in [2.05, 4.69) is 31.2 Å². The van der Waals surface area contributed by atoms with Crippen molar-refractivity contribution in [2.45, 2.75) is 19.4 Å². The molecule has 1 atom stereocenters. The predicted octanol–water partition coefficient (Wildman–Crippen LogP) is 2.30. The first-order valence-corrected chi connectivity index (χ1v) is 7.14. The van der Waals surface area contributed by atoms with E-state index in [9.17, 15) is 9.18 Å². The summed E-state index contributed by atoms with van der Waals surface area (Å²) in [6.45, 7) is 1.73. The molecule has 0 radical (unpaired) electrons. The van der Waals surface area contributed by atoms with Crippen molar-refractivity contribution in [3.05, 3.63) is 51.0 Å². The van der Waals surface area contributed by atoms with Gasteiger partial charge >= 0.3 is 0 Å². The number of hydrogen-bond donors (Lipinski definition) is 2. The van der Waals surface area contributed by atoms with Gasteiger partial charge in [-0.05, 0) is 24.6 Å². The quantitative estimate of drug-likeness (QED) is 0.826. The molecule has 5 nitrogen and oxygen atoms in total. The number of hydrogen-bond acceptors (Lipinski definition) is 4. The topological polar surface area (TPSA) is 80.9 Å². The van der Waals surface area contributed by atoms with Gasteiger partial charge in [0.05, 0.1) is 23.0 Å². The van der Waals surface area contributed by atoms with Crippen LogP contribution in [0.25, 0.3) is 0 Å². The maximum absolute atomic E-state index is 13.2. The van der Waals surface area contributed by atoms with E-state index >= 15 is 0 Å². The van der Waals surface area contributed by atoms with E-state index < -0.39 is 0 Å². The highest BCUT2D eigenvalue weighted by Crippen LogP contribution is 2.31. The smallest absolute Gasteiger partial charge is 0.255 e. The first-order chi connectivity index (χ1) is 9.95. The molecule has 1 aliphatic heterocycles. The van der Waals surface area contributed by atoms with Gasteiger partial charge in [0.25, 0.3) is 5.91 Å².